The van der Waals surface area contributed by atoms with Gasteiger partial charge in [-0.25, -0.2) is 9.18 Å². The number of hydrogen-bond donors (Lipinski definition) is 1. The summed E-state index contributed by atoms with van der Waals surface area (Å²) in [5.41, 5.74) is 3.01. The van der Waals surface area contributed by atoms with Crippen LogP contribution in [0.15, 0.2) is 60.7 Å². The molecule has 1 heterocycles. The molecule has 2 amide bonds. The lowest BCUT2D eigenvalue weighted by Crippen LogP contribution is -2.39. The van der Waals surface area contributed by atoms with E-state index in [1.54, 1.807) is 35.2 Å². The minimum atomic E-state index is -1.04. The first kappa shape index (κ1) is 25.0. The van der Waals surface area contributed by atoms with E-state index in [1.807, 2.05) is 19.9 Å². The number of carboxylic acid groups (broad SMARTS) is 1. The van der Waals surface area contributed by atoms with Gasteiger partial charge < -0.3 is 19.5 Å². The van der Waals surface area contributed by atoms with E-state index < -0.39 is 12.1 Å². The van der Waals surface area contributed by atoms with Crippen molar-refractivity contribution in [3.05, 3.63) is 88.7 Å². The molecule has 0 spiro atoms. The molecule has 0 bridgehead atoms. The van der Waals surface area contributed by atoms with Crippen LogP contribution in [0, 0.1) is 5.82 Å². The van der Waals surface area contributed by atoms with Gasteiger partial charge in [-0.1, -0.05) is 12.1 Å². The molecule has 0 aromatic heterocycles. The fourth-order valence-corrected chi connectivity index (χ4v) is 4.56. The monoisotopic (exact) mass is 492 g/mol. The normalized spacial score (nSPS) is 14.7. The van der Waals surface area contributed by atoms with Crippen molar-refractivity contribution in [2.75, 3.05) is 26.7 Å². The van der Waals surface area contributed by atoms with Crippen LogP contribution in [0.5, 0.6) is 17.2 Å². The highest BCUT2D eigenvalue weighted by molar-refractivity contribution is 5.94. The van der Waals surface area contributed by atoms with Gasteiger partial charge >= 0.3 is 6.09 Å². The second kappa shape index (κ2) is 10.7. The molecule has 4 rings (SSSR count). The molecule has 1 aliphatic rings. The van der Waals surface area contributed by atoms with Crippen molar-refractivity contribution in [1.82, 2.24) is 9.80 Å². The Bertz CT molecular complexity index is 1240. The van der Waals surface area contributed by atoms with E-state index in [0.29, 0.717) is 48.9 Å². The molecule has 1 unspecified atom stereocenters. The molecule has 1 aliphatic heterocycles. The summed E-state index contributed by atoms with van der Waals surface area (Å²) in [4.78, 5) is 28.1. The summed E-state index contributed by atoms with van der Waals surface area (Å²) < 4.78 is 24.9. The maximum Gasteiger partial charge on any atom is 0.408 e. The lowest BCUT2D eigenvalue weighted by Gasteiger charge is -2.36. The molecular formula is C28H29FN2O5. The summed E-state index contributed by atoms with van der Waals surface area (Å²) >= 11 is 0. The zero-order chi connectivity index (χ0) is 25.8. The standard InChI is InChI=1S/C28H29FN2O5/c1-4-30(5-2)27(32)19-8-6-18(7-9-19)26-23-17-25(36-22-12-10-21(29)11-13-22)24(35-3)16-20(23)14-15-31(26)28(33)34/h6-13,16-17,26H,4-5,14-15H2,1-3H3,(H,33,34). The number of hydrogen-bond acceptors (Lipinski definition) is 4. The van der Waals surface area contributed by atoms with Crippen molar-refractivity contribution in [2.45, 2.75) is 26.3 Å². The van der Waals surface area contributed by atoms with Crippen LogP contribution in [0.1, 0.15) is 46.9 Å². The maximum absolute atomic E-state index is 13.4. The second-order valence-electron chi connectivity index (χ2n) is 8.49. The summed E-state index contributed by atoms with van der Waals surface area (Å²) in [7, 11) is 1.54. The van der Waals surface area contributed by atoms with Gasteiger partial charge in [0.1, 0.15) is 11.6 Å². The van der Waals surface area contributed by atoms with Crippen LogP contribution in [0.2, 0.25) is 0 Å². The highest BCUT2D eigenvalue weighted by Crippen LogP contribution is 2.42. The third kappa shape index (κ3) is 4.98. The van der Waals surface area contributed by atoms with Crippen molar-refractivity contribution in [2.24, 2.45) is 0 Å². The van der Waals surface area contributed by atoms with Crippen molar-refractivity contribution >= 4 is 12.0 Å². The van der Waals surface area contributed by atoms with Crippen LogP contribution in [-0.4, -0.2) is 53.7 Å². The number of carbonyl (C=O) groups is 2. The van der Waals surface area contributed by atoms with Crippen LogP contribution >= 0.6 is 0 Å². The van der Waals surface area contributed by atoms with E-state index in [4.69, 9.17) is 9.47 Å². The number of amides is 2. The first-order valence-electron chi connectivity index (χ1n) is 11.9. The largest absolute Gasteiger partial charge is 0.493 e. The molecule has 0 saturated heterocycles. The molecule has 1 atom stereocenters. The predicted octanol–water partition coefficient (Wildman–Crippen LogP) is 5.73. The maximum atomic E-state index is 13.4. The molecule has 0 fully saturated rings. The molecule has 188 valence electrons. The molecule has 1 N–H and O–H groups in total. The topological polar surface area (TPSA) is 79.3 Å². The van der Waals surface area contributed by atoms with E-state index in [2.05, 4.69) is 0 Å². The minimum Gasteiger partial charge on any atom is -0.493 e. The van der Waals surface area contributed by atoms with E-state index in [-0.39, 0.29) is 11.7 Å². The Morgan fingerprint density at radius 3 is 2.28 bits per heavy atom. The Morgan fingerprint density at radius 1 is 1.03 bits per heavy atom. The number of ether oxygens (including phenoxy) is 2. The number of fused-ring (bicyclic) bond motifs is 1. The van der Waals surface area contributed by atoms with Gasteiger partial charge in [-0.05, 0) is 85.5 Å². The van der Waals surface area contributed by atoms with Gasteiger partial charge in [0.25, 0.3) is 5.91 Å². The van der Waals surface area contributed by atoms with Crippen LogP contribution in [-0.2, 0) is 6.42 Å². The Hall–Kier alpha value is -4.07. The third-order valence-corrected chi connectivity index (χ3v) is 6.46. The molecular weight excluding hydrogens is 463 g/mol. The van der Waals surface area contributed by atoms with Crippen LogP contribution < -0.4 is 9.47 Å². The summed E-state index contributed by atoms with van der Waals surface area (Å²) in [6.45, 7) is 5.39. The number of halogens is 1. The van der Waals surface area contributed by atoms with Crippen molar-refractivity contribution in [3.8, 4) is 17.2 Å². The van der Waals surface area contributed by atoms with Crippen molar-refractivity contribution < 1.29 is 28.6 Å². The average molecular weight is 493 g/mol. The highest BCUT2D eigenvalue weighted by Gasteiger charge is 2.33. The Kier molecular flexibility index (Phi) is 7.43. The van der Waals surface area contributed by atoms with Crippen molar-refractivity contribution in [3.63, 3.8) is 0 Å². The lowest BCUT2D eigenvalue weighted by atomic mass is 9.87. The number of nitrogens with zero attached hydrogens (tertiary/aromatic N) is 2. The Labute approximate surface area is 209 Å². The van der Waals surface area contributed by atoms with E-state index in [0.717, 1.165) is 16.7 Å². The van der Waals surface area contributed by atoms with Crippen LogP contribution in [0.3, 0.4) is 0 Å². The fourth-order valence-electron chi connectivity index (χ4n) is 4.56. The molecule has 3 aromatic rings. The van der Waals surface area contributed by atoms with Gasteiger partial charge in [-0.2, -0.15) is 0 Å². The van der Waals surface area contributed by atoms with E-state index in [9.17, 15) is 19.1 Å². The predicted molar refractivity (Wildman–Crippen MR) is 133 cm³/mol. The van der Waals surface area contributed by atoms with Gasteiger partial charge in [0, 0.05) is 25.2 Å². The number of methoxy groups -OCH3 is 1. The SMILES string of the molecule is CCN(CC)C(=O)c1ccc(C2c3cc(Oc4ccc(F)cc4)c(OC)cc3CCN2C(=O)O)cc1. The van der Waals surface area contributed by atoms with E-state index in [1.165, 1.54) is 36.3 Å². The number of carbonyl (C=O) groups excluding carboxylic acids is 1. The van der Waals surface area contributed by atoms with Crippen molar-refractivity contribution in [1.29, 1.82) is 0 Å². The average Bonchev–Trinajstić information content (AvgIpc) is 2.89. The number of rotatable bonds is 7. The first-order chi connectivity index (χ1) is 17.4. The minimum absolute atomic E-state index is 0.0644. The molecule has 8 heteroatoms. The molecule has 3 aromatic carbocycles. The van der Waals surface area contributed by atoms with Crippen LogP contribution in [0.4, 0.5) is 9.18 Å². The summed E-state index contributed by atoms with van der Waals surface area (Å²) in [5, 5.41) is 9.98. The summed E-state index contributed by atoms with van der Waals surface area (Å²) in [5.74, 6) is 0.885. The Balaban J connectivity index is 1.75. The zero-order valence-corrected chi connectivity index (χ0v) is 20.5. The summed E-state index contributed by atoms with van der Waals surface area (Å²) in [6.07, 6.45) is -0.519. The molecule has 0 aliphatic carbocycles. The summed E-state index contributed by atoms with van der Waals surface area (Å²) in [6, 6.07) is 15.8. The van der Waals surface area contributed by atoms with Gasteiger partial charge in [0.2, 0.25) is 0 Å². The third-order valence-electron chi connectivity index (χ3n) is 6.46. The van der Waals surface area contributed by atoms with Crippen LogP contribution in [0.25, 0.3) is 0 Å². The van der Waals surface area contributed by atoms with E-state index >= 15 is 0 Å². The smallest absolute Gasteiger partial charge is 0.408 e. The zero-order valence-electron chi connectivity index (χ0n) is 20.5. The van der Waals surface area contributed by atoms with Gasteiger partial charge in [-0.15, -0.1) is 0 Å². The molecule has 0 saturated carbocycles. The molecule has 36 heavy (non-hydrogen) atoms. The Morgan fingerprint density at radius 2 is 1.69 bits per heavy atom. The fraction of sp³-hybridized carbons (Fsp3) is 0.286. The number of benzene rings is 3. The van der Waals surface area contributed by atoms with Gasteiger partial charge in [0.05, 0.1) is 13.2 Å². The van der Waals surface area contributed by atoms with Gasteiger partial charge in [-0.3, -0.25) is 9.69 Å². The molecule has 0 radical (unpaired) electrons. The highest BCUT2D eigenvalue weighted by atomic mass is 19.1. The van der Waals surface area contributed by atoms with Gasteiger partial charge in [0.15, 0.2) is 11.5 Å². The second-order valence-corrected chi connectivity index (χ2v) is 8.49. The first-order valence-corrected chi connectivity index (χ1v) is 11.9. The lowest BCUT2D eigenvalue weighted by molar-refractivity contribution is 0.0772. The quantitative estimate of drug-likeness (QED) is 0.455. The molecule has 7 nitrogen and oxygen atoms in total.